The second-order valence-corrected chi connectivity index (χ2v) is 4.75. The summed E-state index contributed by atoms with van der Waals surface area (Å²) in [6, 6.07) is 6.44. The molecule has 0 aliphatic carbocycles. The lowest BCUT2D eigenvalue weighted by Gasteiger charge is -2.24. The van der Waals surface area contributed by atoms with Crippen molar-refractivity contribution in [1.29, 1.82) is 0 Å². The minimum absolute atomic E-state index is 0.170. The maximum absolute atomic E-state index is 5.79. The van der Waals surface area contributed by atoms with E-state index in [9.17, 15) is 0 Å². The van der Waals surface area contributed by atoms with E-state index in [1.807, 2.05) is 0 Å². The van der Waals surface area contributed by atoms with Gasteiger partial charge in [-0.05, 0) is 17.7 Å². The summed E-state index contributed by atoms with van der Waals surface area (Å²) in [5, 5.41) is 3.36. The molecule has 3 rings (SSSR count). The third-order valence-corrected chi connectivity index (χ3v) is 3.61. The number of ether oxygens (including phenoxy) is 1. The molecular weight excluding hydrogens is 226 g/mol. The SMILES string of the molecule is CCc1nc2ccc(C3CNCCO3)cc2n1C. The molecule has 0 amide bonds. The van der Waals surface area contributed by atoms with Gasteiger partial charge in [0.15, 0.2) is 0 Å². The van der Waals surface area contributed by atoms with Crippen LogP contribution >= 0.6 is 0 Å². The van der Waals surface area contributed by atoms with Gasteiger partial charge in [0.25, 0.3) is 0 Å². The van der Waals surface area contributed by atoms with E-state index in [-0.39, 0.29) is 6.10 Å². The number of aromatic nitrogens is 2. The smallest absolute Gasteiger partial charge is 0.109 e. The number of nitrogens with one attached hydrogen (secondary N) is 1. The van der Waals surface area contributed by atoms with Gasteiger partial charge in [0.1, 0.15) is 5.82 Å². The van der Waals surface area contributed by atoms with E-state index in [0.717, 1.165) is 37.5 Å². The van der Waals surface area contributed by atoms with Gasteiger partial charge in [0.05, 0.1) is 23.7 Å². The molecule has 2 heterocycles. The van der Waals surface area contributed by atoms with Gasteiger partial charge in [-0.2, -0.15) is 0 Å². The van der Waals surface area contributed by atoms with Gasteiger partial charge in [-0.25, -0.2) is 4.98 Å². The van der Waals surface area contributed by atoms with Crippen molar-refractivity contribution in [3.8, 4) is 0 Å². The number of hydrogen-bond donors (Lipinski definition) is 1. The lowest BCUT2D eigenvalue weighted by atomic mass is 10.1. The van der Waals surface area contributed by atoms with Crippen molar-refractivity contribution in [3.05, 3.63) is 29.6 Å². The van der Waals surface area contributed by atoms with E-state index in [4.69, 9.17) is 4.74 Å². The average molecular weight is 245 g/mol. The molecule has 18 heavy (non-hydrogen) atoms. The van der Waals surface area contributed by atoms with Crippen LogP contribution in [0.5, 0.6) is 0 Å². The standard InChI is InChI=1S/C14H19N3O/c1-3-14-16-11-5-4-10(8-12(11)17(14)2)13-9-15-6-7-18-13/h4-5,8,13,15H,3,6-7,9H2,1-2H3. The van der Waals surface area contributed by atoms with E-state index in [0.29, 0.717) is 0 Å². The Kier molecular flexibility index (Phi) is 3.06. The second-order valence-electron chi connectivity index (χ2n) is 4.75. The molecule has 4 heteroatoms. The average Bonchev–Trinajstić information content (AvgIpc) is 2.76. The number of nitrogens with zero attached hydrogens (tertiary/aromatic N) is 2. The minimum atomic E-state index is 0.170. The van der Waals surface area contributed by atoms with Crippen LogP contribution in [0.25, 0.3) is 11.0 Å². The molecular formula is C14H19N3O. The fraction of sp³-hybridized carbons (Fsp3) is 0.500. The molecule has 1 aliphatic heterocycles. The Morgan fingerprint density at radius 1 is 1.50 bits per heavy atom. The quantitative estimate of drug-likeness (QED) is 0.877. The van der Waals surface area contributed by atoms with Crippen LogP contribution < -0.4 is 5.32 Å². The summed E-state index contributed by atoms with van der Waals surface area (Å²) in [6.07, 6.45) is 1.13. The van der Waals surface area contributed by atoms with Crippen LogP contribution in [0.15, 0.2) is 18.2 Å². The summed E-state index contributed by atoms with van der Waals surface area (Å²) < 4.78 is 7.97. The predicted molar refractivity (Wildman–Crippen MR) is 71.7 cm³/mol. The topological polar surface area (TPSA) is 39.1 Å². The monoisotopic (exact) mass is 245 g/mol. The van der Waals surface area contributed by atoms with Crippen molar-refractivity contribution in [2.45, 2.75) is 19.4 Å². The lowest BCUT2D eigenvalue weighted by molar-refractivity contribution is 0.0278. The van der Waals surface area contributed by atoms with Gasteiger partial charge in [-0.15, -0.1) is 0 Å². The Morgan fingerprint density at radius 3 is 3.11 bits per heavy atom. The molecule has 1 atom stereocenters. The maximum atomic E-state index is 5.79. The summed E-state index contributed by atoms with van der Waals surface area (Å²) >= 11 is 0. The Morgan fingerprint density at radius 2 is 2.39 bits per heavy atom. The largest absolute Gasteiger partial charge is 0.371 e. The van der Waals surface area contributed by atoms with E-state index in [2.05, 4.69) is 47.0 Å². The fourth-order valence-corrected chi connectivity index (χ4v) is 2.55. The van der Waals surface area contributed by atoms with E-state index >= 15 is 0 Å². The summed E-state index contributed by atoms with van der Waals surface area (Å²) in [7, 11) is 2.08. The van der Waals surface area contributed by atoms with E-state index in [1.165, 1.54) is 11.1 Å². The first-order valence-corrected chi connectivity index (χ1v) is 6.57. The van der Waals surface area contributed by atoms with Crippen molar-refractivity contribution in [1.82, 2.24) is 14.9 Å². The van der Waals surface area contributed by atoms with Crippen LogP contribution in [-0.2, 0) is 18.2 Å². The third kappa shape index (κ3) is 1.91. The Labute approximate surface area is 107 Å². The number of benzene rings is 1. The number of morpholine rings is 1. The van der Waals surface area contributed by atoms with Gasteiger partial charge in [0.2, 0.25) is 0 Å². The normalized spacial score (nSPS) is 20.4. The number of rotatable bonds is 2. The van der Waals surface area contributed by atoms with Crippen LogP contribution in [0.4, 0.5) is 0 Å². The minimum Gasteiger partial charge on any atom is -0.371 e. The molecule has 0 bridgehead atoms. The molecule has 1 aliphatic rings. The molecule has 0 spiro atoms. The second kappa shape index (κ2) is 4.71. The van der Waals surface area contributed by atoms with Crippen LogP contribution in [0.3, 0.4) is 0 Å². The van der Waals surface area contributed by atoms with Crippen molar-refractivity contribution < 1.29 is 4.74 Å². The van der Waals surface area contributed by atoms with Crippen molar-refractivity contribution in [2.75, 3.05) is 19.7 Å². The lowest BCUT2D eigenvalue weighted by Crippen LogP contribution is -2.33. The third-order valence-electron chi connectivity index (χ3n) is 3.61. The van der Waals surface area contributed by atoms with Gasteiger partial charge >= 0.3 is 0 Å². The highest BCUT2D eigenvalue weighted by molar-refractivity contribution is 5.77. The zero-order valence-corrected chi connectivity index (χ0v) is 10.9. The highest BCUT2D eigenvalue weighted by Gasteiger charge is 2.17. The molecule has 1 saturated heterocycles. The zero-order chi connectivity index (χ0) is 12.5. The molecule has 1 aromatic heterocycles. The van der Waals surface area contributed by atoms with E-state index < -0.39 is 0 Å². The van der Waals surface area contributed by atoms with Crippen molar-refractivity contribution in [2.24, 2.45) is 7.05 Å². The first-order chi connectivity index (χ1) is 8.79. The van der Waals surface area contributed by atoms with Gasteiger partial charge < -0.3 is 14.6 Å². The van der Waals surface area contributed by atoms with Gasteiger partial charge in [-0.3, -0.25) is 0 Å². The predicted octanol–water partition coefficient (Wildman–Crippen LogP) is 1.80. The molecule has 4 nitrogen and oxygen atoms in total. The fourth-order valence-electron chi connectivity index (χ4n) is 2.55. The van der Waals surface area contributed by atoms with Crippen LogP contribution in [0.1, 0.15) is 24.4 Å². The van der Waals surface area contributed by atoms with Gasteiger partial charge in [-0.1, -0.05) is 13.0 Å². The first kappa shape index (κ1) is 11.7. The van der Waals surface area contributed by atoms with Crippen LogP contribution in [-0.4, -0.2) is 29.2 Å². The molecule has 0 radical (unpaired) electrons. The van der Waals surface area contributed by atoms with Crippen LogP contribution in [0, 0.1) is 0 Å². The maximum Gasteiger partial charge on any atom is 0.109 e. The molecule has 1 unspecified atom stereocenters. The summed E-state index contributed by atoms with van der Waals surface area (Å²) in [5.74, 6) is 1.13. The number of imidazole rings is 1. The Balaban J connectivity index is 2.01. The molecule has 1 fully saturated rings. The molecule has 1 N–H and O–H groups in total. The molecule has 1 aromatic carbocycles. The Bertz CT molecular complexity index is 555. The zero-order valence-electron chi connectivity index (χ0n) is 10.9. The highest BCUT2D eigenvalue weighted by Crippen LogP contribution is 2.24. The molecule has 96 valence electrons. The van der Waals surface area contributed by atoms with Crippen molar-refractivity contribution >= 4 is 11.0 Å². The Hall–Kier alpha value is -1.39. The molecule has 0 saturated carbocycles. The van der Waals surface area contributed by atoms with Crippen LogP contribution in [0.2, 0.25) is 0 Å². The summed E-state index contributed by atoms with van der Waals surface area (Å²) in [5.41, 5.74) is 3.50. The summed E-state index contributed by atoms with van der Waals surface area (Å²) in [6.45, 7) is 4.76. The number of aryl methyl sites for hydroxylation is 2. The van der Waals surface area contributed by atoms with Gasteiger partial charge in [0, 0.05) is 26.6 Å². The van der Waals surface area contributed by atoms with E-state index in [1.54, 1.807) is 0 Å². The number of hydrogen-bond acceptors (Lipinski definition) is 3. The summed E-state index contributed by atoms with van der Waals surface area (Å²) in [4.78, 5) is 4.62. The highest BCUT2D eigenvalue weighted by atomic mass is 16.5. The first-order valence-electron chi connectivity index (χ1n) is 6.57. The molecule has 2 aromatic rings. The van der Waals surface area contributed by atoms with Crippen molar-refractivity contribution in [3.63, 3.8) is 0 Å². The number of fused-ring (bicyclic) bond motifs is 1.